The minimum Gasteiger partial charge on any atom is -0.497 e. The Bertz CT molecular complexity index is 584. The van der Waals surface area contributed by atoms with E-state index in [-0.39, 0.29) is 6.04 Å². The fourth-order valence-electron chi connectivity index (χ4n) is 2.23. The van der Waals surface area contributed by atoms with Crippen molar-refractivity contribution in [3.8, 4) is 5.75 Å². The van der Waals surface area contributed by atoms with Crippen molar-refractivity contribution in [3.63, 3.8) is 0 Å². The summed E-state index contributed by atoms with van der Waals surface area (Å²) in [5.41, 5.74) is 7.49. The van der Waals surface area contributed by atoms with Crippen LogP contribution in [0.4, 0.5) is 8.78 Å². The summed E-state index contributed by atoms with van der Waals surface area (Å²) in [7, 11) is 1.62. The molecule has 0 aliphatic heterocycles. The maximum absolute atomic E-state index is 13.6. The molecule has 0 aliphatic rings. The normalized spacial score (nSPS) is 12.2. The lowest BCUT2D eigenvalue weighted by Gasteiger charge is -2.12. The Balaban J connectivity index is 1.89. The molecule has 2 rings (SSSR count). The number of nitrogens with two attached hydrogens (primary N) is 1. The minimum atomic E-state index is -0.824. The van der Waals surface area contributed by atoms with E-state index in [0.29, 0.717) is 18.4 Å². The molecule has 1 unspecified atom stereocenters. The first-order valence-corrected chi connectivity index (χ1v) is 6.91. The first-order valence-electron chi connectivity index (χ1n) is 6.91. The topological polar surface area (TPSA) is 35.2 Å². The summed E-state index contributed by atoms with van der Waals surface area (Å²) in [6.07, 6.45) is 1.84. The average molecular weight is 291 g/mol. The molecule has 0 heterocycles. The molecule has 0 radical (unpaired) electrons. The molecule has 1 atom stereocenters. The van der Waals surface area contributed by atoms with Gasteiger partial charge < -0.3 is 10.5 Å². The quantitative estimate of drug-likeness (QED) is 0.884. The summed E-state index contributed by atoms with van der Waals surface area (Å²) in [6.45, 7) is 0. The molecule has 112 valence electrons. The largest absolute Gasteiger partial charge is 0.497 e. The molecule has 4 heteroatoms. The van der Waals surface area contributed by atoms with Gasteiger partial charge in [0, 0.05) is 6.04 Å². The number of hydrogen-bond donors (Lipinski definition) is 1. The van der Waals surface area contributed by atoms with E-state index < -0.39 is 11.6 Å². The van der Waals surface area contributed by atoms with Crippen LogP contribution >= 0.6 is 0 Å². The lowest BCUT2D eigenvalue weighted by molar-refractivity contribution is 0.414. The van der Waals surface area contributed by atoms with Gasteiger partial charge in [-0.15, -0.1) is 0 Å². The second-order valence-electron chi connectivity index (χ2n) is 5.06. The van der Waals surface area contributed by atoms with Gasteiger partial charge in [-0.2, -0.15) is 0 Å². The lowest BCUT2D eigenvalue weighted by Crippen LogP contribution is -2.24. The van der Waals surface area contributed by atoms with Crippen molar-refractivity contribution < 1.29 is 13.5 Å². The van der Waals surface area contributed by atoms with Gasteiger partial charge in [-0.25, -0.2) is 8.78 Å². The molecular formula is C17H19F2NO. The molecule has 0 aliphatic carbocycles. The smallest absolute Gasteiger partial charge is 0.162 e. The molecule has 2 aromatic carbocycles. The van der Waals surface area contributed by atoms with Crippen LogP contribution in [0.1, 0.15) is 17.5 Å². The van der Waals surface area contributed by atoms with Crippen molar-refractivity contribution in [2.45, 2.75) is 25.3 Å². The highest BCUT2D eigenvalue weighted by Crippen LogP contribution is 2.16. The third-order valence-corrected chi connectivity index (χ3v) is 3.48. The van der Waals surface area contributed by atoms with Gasteiger partial charge in [0.15, 0.2) is 11.6 Å². The van der Waals surface area contributed by atoms with E-state index in [4.69, 9.17) is 10.5 Å². The number of rotatable bonds is 6. The highest BCUT2D eigenvalue weighted by molar-refractivity contribution is 5.27. The standard InChI is InChI=1S/C17H19F2NO/c1-21-15-9-6-12(7-10-15)5-8-14(20)11-13-3-2-4-16(18)17(13)19/h2-4,6-7,9-10,14H,5,8,11,20H2,1H3. The predicted molar refractivity (Wildman–Crippen MR) is 79.4 cm³/mol. The van der Waals surface area contributed by atoms with Gasteiger partial charge in [0.05, 0.1) is 7.11 Å². The Hall–Kier alpha value is -1.94. The SMILES string of the molecule is COc1ccc(CCC(N)Cc2cccc(F)c2F)cc1. The van der Waals surface area contributed by atoms with Crippen LogP contribution in [0.25, 0.3) is 0 Å². The molecule has 2 nitrogen and oxygen atoms in total. The van der Waals surface area contributed by atoms with Crippen LogP contribution in [0.15, 0.2) is 42.5 Å². The third kappa shape index (κ3) is 4.26. The summed E-state index contributed by atoms with van der Waals surface area (Å²) in [5.74, 6) is -0.808. The first-order chi connectivity index (χ1) is 10.1. The number of ether oxygens (including phenoxy) is 1. The molecule has 0 fully saturated rings. The van der Waals surface area contributed by atoms with E-state index in [2.05, 4.69) is 0 Å². The fraction of sp³-hybridized carbons (Fsp3) is 0.294. The molecular weight excluding hydrogens is 272 g/mol. The number of benzene rings is 2. The van der Waals surface area contributed by atoms with Gasteiger partial charge >= 0.3 is 0 Å². The Labute approximate surface area is 123 Å². The second-order valence-corrected chi connectivity index (χ2v) is 5.06. The zero-order valence-corrected chi connectivity index (χ0v) is 12.0. The van der Waals surface area contributed by atoms with Crippen molar-refractivity contribution in [2.24, 2.45) is 5.73 Å². The maximum Gasteiger partial charge on any atom is 0.162 e. The van der Waals surface area contributed by atoms with Crippen LogP contribution in [0.3, 0.4) is 0 Å². The van der Waals surface area contributed by atoms with E-state index in [1.165, 1.54) is 6.07 Å². The van der Waals surface area contributed by atoms with Crippen molar-refractivity contribution in [2.75, 3.05) is 7.11 Å². The highest BCUT2D eigenvalue weighted by atomic mass is 19.2. The maximum atomic E-state index is 13.6. The molecule has 0 aromatic heterocycles. The fourth-order valence-corrected chi connectivity index (χ4v) is 2.23. The second kappa shape index (κ2) is 7.18. The first kappa shape index (κ1) is 15.4. The van der Waals surface area contributed by atoms with Gasteiger partial charge in [0.2, 0.25) is 0 Å². The zero-order valence-electron chi connectivity index (χ0n) is 12.0. The lowest BCUT2D eigenvalue weighted by atomic mass is 9.99. The molecule has 0 saturated carbocycles. The number of hydrogen-bond acceptors (Lipinski definition) is 2. The molecule has 0 spiro atoms. The van der Waals surface area contributed by atoms with E-state index in [0.717, 1.165) is 23.8 Å². The average Bonchev–Trinajstić information content (AvgIpc) is 2.50. The van der Waals surface area contributed by atoms with Crippen molar-refractivity contribution in [3.05, 3.63) is 65.2 Å². The molecule has 0 saturated heterocycles. The van der Waals surface area contributed by atoms with Gasteiger partial charge in [-0.05, 0) is 48.6 Å². The minimum absolute atomic E-state index is 0.205. The number of aryl methyl sites for hydroxylation is 1. The van der Waals surface area contributed by atoms with Crippen LogP contribution in [0.2, 0.25) is 0 Å². The number of methoxy groups -OCH3 is 1. The van der Waals surface area contributed by atoms with Crippen LogP contribution in [0, 0.1) is 11.6 Å². The molecule has 2 aromatic rings. The van der Waals surface area contributed by atoms with Crippen molar-refractivity contribution in [1.82, 2.24) is 0 Å². The van der Waals surface area contributed by atoms with Crippen molar-refractivity contribution >= 4 is 0 Å². The Kier molecular flexibility index (Phi) is 5.28. The van der Waals surface area contributed by atoms with E-state index in [1.807, 2.05) is 24.3 Å². The van der Waals surface area contributed by atoms with Crippen LogP contribution in [0.5, 0.6) is 5.75 Å². The van der Waals surface area contributed by atoms with Crippen LogP contribution in [-0.4, -0.2) is 13.2 Å². The zero-order chi connectivity index (χ0) is 15.2. The van der Waals surface area contributed by atoms with Gasteiger partial charge in [0.1, 0.15) is 5.75 Å². The van der Waals surface area contributed by atoms with Gasteiger partial charge in [0.25, 0.3) is 0 Å². The van der Waals surface area contributed by atoms with Crippen LogP contribution < -0.4 is 10.5 Å². The summed E-state index contributed by atoms with van der Waals surface area (Å²) in [4.78, 5) is 0. The Morgan fingerprint density at radius 3 is 2.48 bits per heavy atom. The van der Waals surface area contributed by atoms with E-state index in [1.54, 1.807) is 13.2 Å². The summed E-state index contributed by atoms with van der Waals surface area (Å²) < 4.78 is 31.8. The van der Waals surface area contributed by atoms with Crippen LogP contribution in [-0.2, 0) is 12.8 Å². The molecule has 21 heavy (non-hydrogen) atoms. The monoisotopic (exact) mass is 291 g/mol. The summed E-state index contributed by atoms with van der Waals surface area (Å²) >= 11 is 0. The third-order valence-electron chi connectivity index (χ3n) is 3.48. The number of halogens is 2. The van der Waals surface area contributed by atoms with E-state index >= 15 is 0 Å². The molecule has 0 bridgehead atoms. The highest BCUT2D eigenvalue weighted by Gasteiger charge is 2.11. The Morgan fingerprint density at radius 2 is 1.81 bits per heavy atom. The summed E-state index contributed by atoms with van der Waals surface area (Å²) in [5, 5.41) is 0. The van der Waals surface area contributed by atoms with Crippen molar-refractivity contribution in [1.29, 1.82) is 0 Å². The Morgan fingerprint density at radius 1 is 1.10 bits per heavy atom. The van der Waals surface area contributed by atoms with Gasteiger partial charge in [-0.1, -0.05) is 24.3 Å². The van der Waals surface area contributed by atoms with E-state index in [9.17, 15) is 8.78 Å². The molecule has 2 N–H and O–H groups in total. The summed E-state index contributed by atoms with van der Waals surface area (Å²) in [6, 6.07) is 11.7. The van der Waals surface area contributed by atoms with Gasteiger partial charge in [-0.3, -0.25) is 0 Å². The molecule has 0 amide bonds. The predicted octanol–water partition coefficient (Wildman–Crippen LogP) is 3.48.